The number of rotatable bonds is 4. The molecule has 1 heterocycles. The first-order valence-corrected chi connectivity index (χ1v) is 8.92. The number of fused-ring (bicyclic) bond motifs is 1. The van der Waals surface area contributed by atoms with Gasteiger partial charge in [-0.1, -0.05) is 35.9 Å². The number of nitrogens with one attached hydrogen (secondary N) is 2. The summed E-state index contributed by atoms with van der Waals surface area (Å²) in [7, 11) is 0. The zero-order valence-corrected chi connectivity index (χ0v) is 14.8. The SMILES string of the molecule is O=C(NC1CCc2[nH]cnc2C1)c1c(Cl)cccc1Oc1ccccc1. The highest BCUT2D eigenvalue weighted by Gasteiger charge is 2.25. The normalized spacial score (nSPS) is 16.0. The van der Waals surface area contributed by atoms with Gasteiger partial charge in [-0.05, 0) is 37.1 Å². The number of carbonyl (C=O) groups is 1. The summed E-state index contributed by atoms with van der Waals surface area (Å²) in [6.45, 7) is 0. The maximum Gasteiger partial charge on any atom is 0.256 e. The van der Waals surface area contributed by atoms with Crippen molar-refractivity contribution in [1.29, 1.82) is 0 Å². The fourth-order valence-electron chi connectivity index (χ4n) is 3.20. The molecule has 0 saturated heterocycles. The molecule has 0 spiro atoms. The standard InChI is InChI=1S/C20H18ClN3O2/c21-15-7-4-8-18(26-14-5-2-1-3-6-14)19(15)20(25)24-13-9-10-16-17(11-13)23-12-22-16/h1-8,12-13H,9-11H2,(H,22,23)(H,24,25). The lowest BCUT2D eigenvalue weighted by molar-refractivity contribution is 0.0931. The number of amides is 1. The minimum atomic E-state index is -0.231. The van der Waals surface area contributed by atoms with Gasteiger partial charge in [0.15, 0.2) is 0 Å². The Morgan fingerprint density at radius 1 is 1.19 bits per heavy atom. The lowest BCUT2D eigenvalue weighted by Crippen LogP contribution is -2.39. The molecule has 0 bridgehead atoms. The number of carbonyl (C=O) groups excluding carboxylic acids is 1. The minimum Gasteiger partial charge on any atom is -0.456 e. The van der Waals surface area contributed by atoms with Gasteiger partial charge in [0, 0.05) is 18.2 Å². The van der Waals surface area contributed by atoms with Gasteiger partial charge in [0.2, 0.25) is 0 Å². The smallest absolute Gasteiger partial charge is 0.256 e. The molecule has 26 heavy (non-hydrogen) atoms. The Morgan fingerprint density at radius 2 is 2.04 bits per heavy atom. The summed E-state index contributed by atoms with van der Waals surface area (Å²) in [4.78, 5) is 20.4. The zero-order valence-electron chi connectivity index (χ0n) is 14.0. The quantitative estimate of drug-likeness (QED) is 0.728. The van der Waals surface area contributed by atoms with Crippen LogP contribution in [0.3, 0.4) is 0 Å². The largest absolute Gasteiger partial charge is 0.456 e. The molecule has 1 unspecified atom stereocenters. The van der Waals surface area contributed by atoms with Crippen LogP contribution >= 0.6 is 11.6 Å². The number of hydrogen-bond donors (Lipinski definition) is 2. The molecule has 5 nitrogen and oxygen atoms in total. The van der Waals surface area contributed by atoms with Crippen molar-refractivity contribution in [3.8, 4) is 11.5 Å². The first-order chi connectivity index (χ1) is 12.7. The van der Waals surface area contributed by atoms with Crippen LogP contribution in [-0.2, 0) is 12.8 Å². The first kappa shape index (κ1) is 16.7. The summed E-state index contributed by atoms with van der Waals surface area (Å²) in [5, 5.41) is 3.44. The number of aromatic amines is 1. The molecule has 0 aliphatic heterocycles. The monoisotopic (exact) mass is 367 g/mol. The van der Waals surface area contributed by atoms with E-state index in [1.165, 1.54) is 0 Å². The van der Waals surface area contributed by atoms with Gasteiger partial charge in [-0.3, -0.25) is 4.79 Å². The Kier molecular flexibility index (Phi) is 4.63. The molecule has 1 aromatic heterocycles. The predicted octanol–water partition coefficient (Wildman–Crippen LogP) is 4.14. The van der Waals surface area contributed by atoms with Crippen molar-refractivity contribution < 1.29 is 9.53 Å². The van der Waals surface area contributed by atoms with Crippen molar-refractivity contribution in [3.05, 3.63) is 76.8 Å². The second-order valence-electron chi connectivity index (χ2n) is 6.27. The van der Waals surface area contributed by atoms with Crippen LogP contribution in [0.4, 0.5) is 0 Å². The predicted molar refractivity (Wildman–Crippen MR) is 99.8 cm³/mol. The number of H-pyrrole nitrogens is 1. The van der Waals surface area contributed by atoms with Gasteiger partial charge in [0.1, 0.15) is 17.1 Å². The number of aryl methyl sites for hydroxylation is 1. The van der Waals surface area contributed by atoms with Crippen LogP contribution in [0.5, 0.6) is 11.5 Å². The maximum absolute atomic E-state index is 12.9. The lowest BCUT2D eigenvalue weighted by Gasteiger charge is -2.23. The molecular weight excluding hydrogens is 350 g/mol. The van der Waals surface area contributed by atoms with Crippen LogP contribution in [0.2, 0.25) is 5.02 Å². The van der Waals surface area contributed by atoms with Crippen molar-refractivity contribution in [2.75, 3.05) is 0 Å². The minimum absolute atomic E-state index is 0.0270. The van der Waals surface area contributed by atoms with Crippen molar-refractivity contribution in [1.82, 2.24) is 15.3 Å². The molecule has 2 aromatic carbocycles. The lowest BCUT2D eigenvalue weighted by atomic mass is 9.96. The van der Waals surface area contributed by atoms with E-state index >= 15 is 0 Å². The second kappa shape index (κ2) is 7.22. The summed E-state index contributed by atoms with van der Waals surface area (Å²) in [5.74, 6) is 0.866. The van der Waals surface area contributed by atoms with Crippen LogP contribution in [-0.4, -0.2) is 21.9 Å². The number of halogens is 1. The molecule has 132 valence electrons. The third-order valence-electron chi connectivity index (χ3n) is 4.50. The molecule has 1 aliphatic rings. The highest BCUT2D eigenvalue weighted by atomic mass is 35.5. The molecule has 1 amide bonds. The summed E-state index contributed by atoms with van der Waals surface area (Å²) < 4.78 is 5.88. The fourth-order valence-corrected chi connectivity index (χ4v) is 3.45. The van der Waals surface area contributed by atoms with Crippen molar-refractivity contribution in [2.24, 2.45) is 0 Å². The third-order valence-corrected chi connectivity index (χ3v) is 4.81. The molecule has 0 saturated carbocycles. The molecule has 1 atom stereocenters. The van der Waals surface area contributed by atoms with Crippen LogP contribution in [0, 0.1) is 0 Å². The van der Waals surface area contributed by atoms with Gasteiger partial charge in [0.05, 0.1) is 17.0 Å². The molecule has 6 heteroatoms. The topological polar surface area (TPSA) is 67.0 Å². The first-order valence-electron chi connectivity index (χ1n) is 8.54. The number of ether oxygens (including phenoxy) is 1. The van der Waals surface area contributed by atoms with Crippen LogP contribution < -0.4 is 10.1 Å². The molecule has 0 fully saturated rings. The Bertz CT molecular complexity index is 924. The second-order valence-corrected chi connectivity index (χ2v) is 6.68. The van der Waals surface area contributed by atoms with E-state index in [2.05, 4.69) is 15.3 Å². The van der Waals surface area contributed by atoms with Gasteiger partial charge in [-0.15, -0.1) is 0 Å². The van der Waals surface area contributed by atoms with E-state index < -0.39 is 0 Å². The van der Waals surface area contributed by atoms with Gasteiger partial charge >= 0.3 is 0 Å². The van der Waals surface area contributed by atoms with E-state index in [1.807, 2.05) is 30.3 Å². The highest BCUT2D eigenvalue weighted by Crippen LogP contribution is 2.31. The molecular formula is C20H18ClN3O2. The van der Waals surface area contributed by atoms with Gasteiger partial charge < -0.3 is 15.0 Å². The van der Waals surface area contributed by atoms with Gasteiger partial charge in [-0.25, -0.2) is 4.98 Å². The van der Waals surface area contributed by atoms with E-state index in [0.29, 0.717) is 28.5 Å². The van der Waals surface area contributed by atoms with Crippen LogP contribution in [0.25, 0.3) is 0 Å². The number of benzene rings is 2. The van der Waals surface area contributed by atoms with Gasteiger partial charge in [0.25, 0.3) is 5.91 Å². The summed E-state index contributed by atoms with van der Waals surface area (Å²) in [6, 6.07) is 14.6. The maximum atomic E-state index is 12.9. The van der Waals surface area contributed by atoms with E-state index in [0.717, 1.165) is 24.2 Å². The number of nitrogens with zero attached hydrogens (tertiary/aromatic N) is 1. The molecule has 3 aromatic rings. The number of imidazole rings is 1. The number of hydrogen-bond acceptors (Lipinski definition) is 3. The number of para-hydroxylation sites is 1. The summed E-state index contributed by atoms with van der Waals surface area (Å²) >= 11 is 6.31. The van der Waals surface area contributed by atoms with Crippen molar-refractivity contribution in [2.45, 2.75) is 25.3 Å². The van der Waals surface area contributed by atoms with E-state index in [-0.39, 0.29) is 11.9 Å². The Morgan fingerprint density at radius 3 is 2.88 bits per heavy atom. The molecule has 1 aliphatic carbocycles. The fraction of sp³-hybridized carbons (Fsp3) is 0.200. The average Bonchev–Trinajstić information content (AvgIpc) is 3.10. The van der Waals surface area contributed by atoms with Crippen LogP contribution in [0.15, 0.2) is 54.9 Å². The zero-order chi connectivity index (χ0) is 17.9. The highest BCUT2D eigenvalue weighted by molar-refractivity contribution is 6.34. The summed E-state index contributed by atoms with van der Waals surface area (Å²) in [5.41, 5.74) is 2.52. The Labute approximate surface area is 156 Å². The third kappa shape index (κ3) is 3.44. The Balaban J connectivity index is 1.54. The average molecular weight is 368 g/mol. The van der Waals surface area contributed by atoms with E-state index in [9.17, 15) is 4.79 Å². The Hall–Kier alpha value is -2.79. The molecule has 0 radical (unpaired) electrons. The number of aromatic nitrogens is 2. The van der Waals surface area contributed by atoms with Gasteiger partial charge in [-0.2, -0.15) is 0 Å². The molecule has 4 rings (SSSR count). The van der Waals surface area contributed by atoms with Crippen LogP contribution in [0.1, 0.15) is 28.2 Å². The van der Waals surface area contributed by atoms with E-state index in [1.54, 1.807) is 24.5 Å². The van der Waals surface area contributed by atoms with Crippen molar-refractivity contribution in [3.63, 3.8) is 0 Å². The summed E-state index contributed by atoms with van der Waals surface area (Å²) in [6.07, 6.45) is 4.15. The van der Waals surface area contributed by atoms with E-state index in [4.69, 9.17) is 16.3 Å². The molecule has 2 N–H and O–H groups in total. The van der Waals surface area contributed by atoms with Crippen molar-refractivity contribution >= 4 is 17.5 Å².